The van der Waals surface area contributed by atoms with Crippen LogP contribution in [0.2, 0.25) is 0 Å². The van der Waals surface area contributed by atoms with Crippen LogP contribution in [0.15, 0.2) is 18.2 Å². The first-order chi connectivity index (χ1) is 9.13. The average molecular weight is 265 g/mol. The van der Waals surface area contributed by atoms with E-state index in [1.807, 2.05) is 0 Å². The molecule has 0 radical (unpaired) electrons. The zero-order valence-electron chi connectivity index (χ0n) is 10.7. The maximum absolute atomic E-state index is 12.3. The Bertz CT molecular complexity index is 439. The van der Waals surface area contributed by atoms with Crippen molar-refractivity contribution >= 4 is 5.91 Å². The van der Waals surface area contributed by atoms with Gasteiger partial charge >= 0.3 is 0 Å². The molecule has 19 heavy (non-hydrogen) atoms. The molecule has 5 nitrogen and oxygen atoms in total. The summed E-state index contributed by atoms with van der Waals surface area (Å²) in [4.78, 5) is 14.0. The van der Waals surface area contributed by atoms with E-state index in [9.17, 15) is 15.0 Å². The van der Waals surface area contributed by atoms with Gasteiger partial charge in [0.25, 0.3) is 5.91 Å². The minimum atomic E-state index is -0.349. The van der Waals surface area contributed by atoms with Gasteiger partial charge in [-0.2, -0.15) is 0 Å². The van der Waals surface area contributed by atoms with E-state index in [1.165, 1.54) is 18.2 Å². The normalized spacial score (nSPS) is 19.4. The number of phenolic OH excluding ortho intramolecular Hbond substituents is 2. The molecule has 1 fully saturated rings. The molecule has 1 amide bonds. The third kappa shape index (κ3) is 2.98. The predicted molar refractivity (Wildman–Crippen MR) is 70.1 cm³/mol. The van der Waals surface area contributed by atoms with Gasteiger partial charge < -0.3 is 20.2 Å². The van der Waals surface area contributed by atoms with E-state index in [1.54, 1.807) is 4.90 Å². The van der Waals surface area contributed by atoms with Crippen molar-refractivity contribution in [3.8, 4) is 11.5 Å². The highest BCUT2D eigenvalue weighted by Gasteiger charge is 2.27. The van der Waals surface area contributed by atoms with Crippen LogP contribution in [0, 0.1) is 5.92 Å². The van der Waals surface area contributed by atoms with Crippen molar-refractivity contribution in [2.24, 2.45) is 5.92 Å². The van der Waals surface area contributed by atoms with Crippen molar-refractivity contribution in [1.82, 2.24) is 4.90 Å². The summed E-state index contributed by atoms with van der Waals surface area (Å²) >= 11 is 0. The van der Waals surface area contributed by atoms with E-state index in [0.29, 0.717) is 19.5 Å². The Kier molecular flexibility index (Phi) is 4.27. The minimum Gasteiger partial charge on any atom is -0.507 e. The number of amides is 1. The van der Waals surface area contributed by atoms with Crippen molar-refractivity contribution in [3.63, 3.8) is 0 Å². The monoisotopic (exact) mass is 265 g/mol. The Balaban J connectivity index is 2.15. The first kappa shape index (κ1) is 13.7. The van der Waals surface area contributed by atoms with E-state index >= 15 is 0 Å². The average Bonchev–Trinajstić information content (AvgIpc) is 2.39. The number of carbonyl (C=O) groups is 1. The number of carbonyl (C=O) groups excluding carboxylic acids is 1. The maximum Gasteiger partial charge on any atom is 0.261 e. The Labute approximate surface area is 112 Å². The van der Waals surface area contributed by atoms with Crippen molar-refractivity contribution in [2.45, 2.75) is 19.3 Å². The van der Waals surface area contributed by atoms with Crippen LogP contribution < -0.4 is 0 Å². The van der Waals surface area contributed by atoms with Crippen LogP contribution in [0.3, 0.4) is 0 Å². The van der Waals surface area contributed by atoms with Crippen LogP contribution in [0.4, 0.5) is 0 Å². The molecular weight excluding hydrogens is 246 g/mol. The third-order valence-corrected chi connectivity index (χ3v) is 3.58. The van der Waals surface area contributed by atoms with Crippen LogP contribution in [-0.2, 0) is 0 Å². The molecule has 1 heterocycles. The second-order valence-corrected chi connectivity index (χ2v) is 4.94. The summed E-state index contributed by atoms with van der Waals surface area (Å²) in [6.45, 7) is 1.30. The van der Waals surface area contributed by atoms with Gasteiger partial charge in [-0.3, -0.25) is 4.79 Å². The van der Waals surface area contributed by atoms with Crippen LogP contribution >= 0.6 is 0 Å². The number of rotatable bonds is 3. The number of hydrogen-bond donors (Lipinski definition) is 3. The lowest BCUT2D eigenvalue weighted by Gasteiger charge is -2.32. The Hall–Kier alpha value is -1.75. The van der Waals surface area contributed by atoms with Crippen molar-refractivity contribution in [2.75, 3.05) is 19.7 Å². The lowest BCUT2D eigenvalue weighted by Crippen LogP contribution is -2.40. The van der Waals surface area contributed by atoms with Gasteiger partial charge in [-0.1, -0.05) is 6.07 Å². The highest BCUT2D eigenvalue weighted by molar-refractivity contribution is 5.99. The third-order valence-electron chi connectivity index (χ3n) is 3.58. The molecule has 0 spiro atoms. The molecule has 0 aromatic heterocycles. The fourth-order valence-electron chi connectivity index (χ4n) is 2.57. The van der Waals surface area contributed by atoms with Gasteiger partial charge in [-0.25, -0.2) is 0 Å². The van der Waals surface area contributed by atoms with E-state index in [-0.39, 0.29) is 35.5 Å². The highest BCUT2D eigenvalue weighted by Crippen LogP contribution is 2.29. The second kappa shape index (κ2) is 5.93. The SMILES string of the molecule is O=C(c1c(O)cccc1O)N1CCCC(CCO)C1. The molecule has 0 saturated carbocycles. The summed E-state index contributed by atoms with van der Waals surface area (Å²) in [5.41, 5.74) is -0.0350. The molecule has 1 unspecified atom stereocenters. The molecule has 1 atom stereocenters. The van der Waals surface area contributed by atoms with Gasteiger partial charge in [0, 0.05) is 19.7 Å². The molecule has 0 bridgehead atoms. The van der Waals surface area contributed by atoms with E-state index in [4.69, 9.17) is 5.11 Å². The first-order valence-electron chi connectivity index (χ1n) is 6.54. The lowest BCUT2D eigenvalue weighted by molar-refractivity contribution is 0.0647. The summed E-state index contributed by atoms with van der Waals surface area (Å²) in [7, 11) is 0. The number of piperidine rings is 1. The molecule has 1 aromatic rings. The number of nitrogens with zero attached hydrogens (tertiary/aromatic N) is 1. The predicted octanol–water partition coefficient (Wildman–Crippen LogP) is 1.33. The summed E-state index contributed by atoms with van der Waals surface area (Å²) in [6, 6.07) is 4.27. The van der Waals surface area contributed by atoms with Gasteiger partial charge in [0.1, 0.15) is 17.1 Å². The zero-order chi connectivity index (χ0) is 13.8. The summed E-state index contributed by atoms with van der Waals surface area (Å²) in [5, 5.41) is 28.4. The quantitative estimate of drug-likeness (QED) is 0.770. The smallest absolute Gasteiger partial charge is 0.261 e. The number of aliphatic hydroxyl groups excluding tert-OH is 1. The zero-order valence-corrected chi connectivity index (χ0v) is 10.7. The Morgan fingerprint density at radius 1 is 1.32 bits per heavy atom. The molecule has 5 heteroatoms. The van der Waals surface area contributed by atoms with Crippen LogP contribution in [0.1, 0.15) is 29.6 Å². The number of phenols is 2. The van der Waals surface area contributed by atoms with Crippen molar-refractivity contribution in [1.29, 1.82) is 0 Å². The molecule has 1 aliphatic rings. The van der Waals surface area contributed by atoms with Crippen molar-refractivity contribution < 1.29 is 20.1 Å². The second-order valence-electron chi connectivity index (χ2n) is 4.94. The minimum absolute atomic E-state index is 0.0350. The number of hydrogen-bond acceptors (Lipinski definition) is 4. The molecular formula is C14H19NO4. The number of benzene rings is 1. The maximum atomic E-state index is 12.3. The molecule has 1 aliphatic heterocycles. The molecule has 2 rings (SSSR count). The molecule has 1 saturated heterocycles. The van der Waals surface area contributed by atoms with Gasteiger partial charge in [0.2, 0.25) is 0 Å². The fraction of sp³-hybridized carbons (Fsp3) is 0.500. The van der Waals surface area contributed by atoms with Crippen molar-refractivity contribution in [3.05, 3.63) is 23.8 Å². The number of likely N-dealkylation sites (tertiary alicyclic amines) is 1. The molecule has 0 aliphatic carbocycles. The summed E-state index contributed by atoms with van der Waals surface area (Å²) < 4.78 is 0. The Morgan fingerprint density at radius 3 is 2.63 bits per heavy atom. The molecule has 1 aromatic carbocycles. The fourth-order valence-corrected chi connectivity index (χ4v) is 2.57. The van der Waals surface area contributed by atoms with Gasteiger partial charge in [-0.05, 0) is 37.3 Å². The van der Waals surface area contributed by atoms with Gasteiger partial charge in [-0.15, -0.1) is 0 Å². The van der Waals surface area contributed by atoms with Crippen LogP contribution in [-0.4, -0.2) is 45.8 Å². The molecule has 104 valence electrons. The largest absolute Gasteiger partial charge is 0.507 e. The van der Waals surface area contributed by atoms with Gasteiger partial charge in [0.15, 0.2) is 0 Å². The first-order valence-corrected chi connectivity index (χ1v) is 6.54. The number of aromatic hydroxyl groups is 2. The van der Waals surface area contributed by atoms with Crippen LogP contribution in [0.25, 0.3) is 0 Å². The van der Waals surface area contributed by atoms with E-state index in [0.717, 1.165) is 12.8 Å². The van der Waals surface area contributed by atoms with E-state index in [2.05, 4.69) is 0 Å². The van der Waals surface area contributed by atoms with E-state index < -0.39 is 0 Å². The van der Waals surface area contributed by atoms with Crippen LogP contribution in [0.5, 0.6) is 11.5 Å². The topological polar surface area (TPSA) is 81.0 Å². The standard InChI is InChI=1S/C14H19NO4/c16-8-6-10-3-2-7-15(9-10)14(19)13-11(17)4-1-5-12(13)18/h1,4-5,10,16-18H,2-3,6-9H2. The lowest BCUT2D eigenvalue weighted by atomic mass is 9.94. The highest BCUT2D eigenvalue weighted by atomic mass is 16.3. The summed E-state index contributed by atoms with van der Waals surface area (Å²) in [6.07, 6.45) is 2.55. The number of aliphatic hydroxyl groups is 1. The Morgan fingerprint density at radius 2 is 2.00 bits per heavy atom. The van der Waals surface area contributed by atoms with Gasteiger partial charge in [0.05, 0.1) is 0 Å². The molecule has 3 N–H and O–H groups in total. The summed E-state index contributed by atoms with van der Waals surface area (Å²) in [5.74, 6) is -0.461.